The minimum atomic E-state index is -0.384. The lowest BCUT2D eigenvalue weighted by Crippen LogP contribution is -2.32. The second-order valence-electron chi connectivity index (χ2n) is 5.65. The first-order valence-corrected chi connectivity index (χ1v) is 8.72. The monoisotopic (exact) mass is 399 g/mol. The van der Waals surface area contributed by atoms with Crippen LogP contribution in [0, 0.1) is 0 Å². The zero-order valence-corrected chi connectivity index (χ0v) is 16.6. The van der Waals surface area contributed by atoms with E-state index < -0.39 is 0 Å². The Hall–Kier alpha value is -3.39. The first-order valence-electron chi connectivity index (χ1n) is 8.31. The van der Waals surface area contributed by atoms with Crippen molar-refractivity contribution in [3.63, 3.8) is 0 Å². The minimum absolute atomic E-state index is 0.141. The Morgan fingerprint density at radius 3 is 2.29 bits per heavy atom. The van der Waals surface area contributed by atoms with Gasteiger partial charge in [-0.05, 0) is 54.2 Å². The lowest BCUT2D eigenvalue weighted by Gasteiger charge is -2.10. The summed E-state index contributed by atoms with van der Waals surface area (Å²) in [6.45, 7) is 1.43. The maximum atomic E-state index is 12.1. The molecule has 3 N–H and O–H groups in total. The van der Waals surface area contributed by atoms with Gasteiger partial charge in [-0.1, -0.05) is 12.1 Å². The molecule has 0 aliphatic rings. The molecule has 0 heterocycles. The van der Waals surface area contributed by atoms with E-state index in [0.717, 1.165) is 5.56 Å². The summed E-state index contributed by atoms with van der Waals surface area (Å²) in [5, 5.41) is 8.27. The first-order chi connectivity index (χ1) is 13.4. The SMILES string of the molecule is COc1ccc(/C=C/C(=O)NC(=S)Nc2cccc(NC(C)=O)c2)cc1OC. The second-order valence-corrected chi connectivity index (χ2v) is 6.06. The number of anilines is 2. The van der Waals surface area contributed by atoms with Crippen LogP contribution < -0.4 is 25.4 Å². The average Bonchev–Trinajstić information content (AvgIpc) is 2.65. The van der Waals surface area contributed by atoms with Gasteiger partial charge in [0.05, 0.1) is 14.2 Å². The molecular weight excluding hydrogens is 378 g/mol. The number of benzene rings is 2. The van der Waals surface area contributed by atoms with E-state index in [1.165, 1.54) is 13.0 Å². The van der Waals surface area contributed by atoms with Gasteiger partial charge in [-0.15, -0.1) is 0 Å². The average molecular weight is 399 g/mol. The molecule has 7 nitrogen and oxygen atoms in total. The predicted octanol–water partition coefficient (Wildman–Crippen LogP) is 3.19. The van der Waals surface area contributed by atoms with Crippen molar-refractivity contribution in [2.75, 3.05) is 24.9 Å². The van der Waals surface area contributed by atoms with Crippen LogP contribution in [0.5, 0.6) is 11.5 Å². The van der Waals surface area contributed by atoms with E-state index in [-0.39, 0.29) is 16.9 Å². The molecule has 8 heteroatoms. The highest BCUT2D eigenvalue weighted by atomic mass is 32.1. The third kappa shape index (κ3) is 6.40. The Morgan fingerprint density at radius 2 is 1.64 bits per heavy atom. The molecule has 2 aromatic carbocycles. The summed E-state index contributed by atoms with van der Waals surface area (Å²) in [6, 6.07) is 12.3. The fraction of sp³-hybridized carbons (Fsp3) is 0.150. The number of carbonyl (C=O) groups is 2. The molecule has 2 rings (SSSR count). The highest BCUT2D eigenvalue weighted by molar-refractivity contribution is 7.80. The van der Waals surface area contributed by atoms with Gasteiger partial charge < -0.3 is 20.1 Å². The van der Waals surface area contributed by atoms with Gasteiger partial charge in [0.1, 0.15) is 0 Å². The molecule has 0 unspecified atom stereocenters. The van der Waals surface area contributed by atoms with E-state index in [4.69, 9.17) is 21.7 Å². The summed E-state index contributed by atoms with van der Waals surface area (Å²) in [4.78, 5) is 23.2. The third-order valence-corrected chi connectivity index (χ3v) is 3.72. The Labute approximate surface area is 168 Å². The molecule has 0 aliphatic heterocycles. The number of methoxy groups -OCH3 is 2. The van der Waals surface area contributed by atoms with E-state index >= 15 is 0 Å². The molecule has 0 saturated heterocycles. The topological polar surface area (TPSA) is 88.7 Å². The number of carbonyl (C=O) groups excluding carboxylic acids is 2. The smallest absolute Gasteiger partial charge is 0.250 e. The van der Waals surface area contributed by atoms with Crippen LogP contribution in [0.25, 0.3) is 6.08 Å². The fourth-order valence-corrected chi connectivity index (χ4v) is 2.54. The van der Waals surface area contributed by atoms with Gasteiger partial charge in [0.15, 0.2) is 16.6 Å². The lowest BCUT2D eigenvalue weighted by atomic mass is 10.2. The number of thiocarbonyl (C=S) groups is 1. The highest BCUT2D eigenvalue weighted by Crippen LogP contribution is 2.27. The number of rotatable bonds is 6. The Kier molecular flexibility index (Phi) is 7.53. The van der Waals surface area contributed by atoms with Crippen molar-refractivity contribution < 1.29 is 19.1 Å². The van der Waals surface area contributed by atoms with Crippen molar-refractivity contribution >= 4 is 46.6 Å². The molecule has 0 aromatic heterocycles. The molecule has 2 aromatic rings. The standard InChI is InChI=1S/C20H21N3O4S/c1-13(24)21-15-5-4-6-16(12-15)22-20(28)23-19(25)10-8-14-7-9-17(26-2)18(11-14)27-3/h4-12H,1-3H3,(H,21,24)(H2,22,23,25,28)/b10-8+. The van der Waals surface area contributed by atoms with Gasteiger partial charge in [0.2, 0.25) is 11.8 Å². The molecule has 28 heavy (non-hydrogen) atoms. The molecule has 0 spiro atoms. The maximum absolute atomic E-state index is 12.1. The summed E-state index contributed by atoms with van der Waals surface area (Å²) in [7, 11) is 3.10. The van der Waals surface area contributed by atoms with Gasteiger partial charge in [-0.2, -0.15) is 0 Å². The van der Waals surface area contributed by atoms with Crippen LogP contribution in [0.3, 0.4) is 0 Å². The van der Waals surface area contributed by atoms with Crippen molar-refractivity contribution in [1.29, 1.82) is 0 Å². The van der Waals surface area contributed by atoms with Crippen molar-refractivity contribution in [2.45, 2.75) is 6.92 Å². The van der Waals surface area contributed by atoms with Crippen LogP contribution in [-0.4, -0.2) is 31.1 Å². The van der Waals surface area contributed by atoms with Crippen LogP contribution in [0.15, 0.2) is 48.5 Å². The van der Waals surface area contributed by atoms with Crippen LogP contribution in [0.1, 0.15) is 12.5 Å². The molecule has 0 bridgehead atoms. The molecular formula is C20H21N3O4S. The summed E-state index contributed by atoms with van der Waals surface area (Å²) >= 11 is 5.15. The van der Waals surface area contributed by atoms with Crippen molar-refractivity contribution in [2.24, 2.45) is 0 Å². The molecule has 2 amide bonds. The maximum Gasteiger partial charge on any atom is 0.250 e. The van der Waals surface area contributed by atoms with E-state index in [1.807, 2.05) is 0 Å². The summed E-state index contributed by atoms with van der Waals surface area (Å²) in [5.41, 5.74) is 2.04. The van der Waals surface area contributed by atoms with Crippen LogP contribution in [-0.2, 0) is 9.59 Å². The summed E-state index contributed by atoms with van der Waals surface area (Å²) in [6.07, 6.45) is 3.00. The molecule has 0 radical (unpaired) electrons. The molecule has 0 saturated carbocycles. The quantitative estimate of drug-likeness (QED) is 0.511. The van der Waals surface area contributed by atoms with Crippen molar-refractivity contribution in [1.82, 2.24) is 5.32 Å². The fourth-order valence-electron chi connectivity index (χ4n) is 2.32. The molecule has 0 atom stereocenters. The predicted molar refractivity (Wildman–Crippen MR) is 114 cm³/mol. The number of ether oxygens (including phenoxy) is 2. The van der Waals surface area contributed by atoms with Gasteiger partial charge in [-0.25, -0.2) is 0 Å². The number of hydrogen-bond donors (Lipinski definition) is 3. The van der Waals surface area contributed by atoms with Crippen LogP contribution in [0.4, 0.5) is 11.4 Å². The Balaban J connectivity index is 1.94. The zero-order valence-electron chi connectivity index (χ0n) is 15.7. The molecule has 0 fully saturated rings. The number of nitrogens with one attached hydrogen (secondary N) is 3. The van der Waals surface area contributed by atoms with Crippen LogP contribution >= 0.6 is 12.2 Å². The van der Waals surface area contributed by atoms with E-state index in [0.29, 0.717) is 22.9 Å². The first kappa shape index (κ1) is 20.9. The molecule has 146 valence electrons. The number of hydrogen-bond acceptors (Lipinski definition) is 5. The summed E-state index contributed by atoms with van der Waals surface area (Å²) in [5.74, 6) is 0.621. The molecule has 0 aliphatic carbocycles. The largest absolute Gasteiger partial charge is 0.493 e. The third-order valence-electron chi connectivity index (χ3n) is 3.51. The van der Waals surface area contributed by atoms with E-state index in [2.05, 4.69) is 16.0 Å². The van der Waals surface area contributed by atoms with E-state index in [9.17, 15) is 9.59 Å². The minimum Gasteiger partial charge on any atom is -0.493 e. The Bertz CT molecular complexity index is 912. The number of amides is 2. The van der Waals surface area contributed by atoms with Gasteiger partial charge >= 0.3 is 0 Å². The van der Waals surface area contributed by atoms with Crippen LogP contribution in [0.2, 0.25) is 0 Å². The Morgan fingerprint density at radius 1 is 0.964 bits per heavy atom. The van der Waals surface area contributed by atoms with Gasteiger partial charge in [-0.3, -0.25) is 14.9 Å². The lowest BCUT2D eigenvalue weighted by molar-refractivity contribution is -0.115. The highest BCUT2D eigenvalue weighted by Gasteiger charge is 2.05. The second kappa shape index (κ2) is 10.1. The van der Waals surface area contributed by atoms with Crippen molar-refractivity contribution in [3.8, 4) is 11.5 Å². The van der Waals surface area contributed by atoms with E-state index in [1.54, 1.807) is 62.8 Å². The van der Waals surface area contributed by atoms with Gasteiger partial charge in [0.25, 0.3) is 0 Å². The normalized spacial score (nSPS) is 10.2. The van der Waals surface area contributed by atoms with Gasteiger partial charge in [0, 0.05) is 24.4 Å². The van der Waals surface area contributed by atoms with Crippen molar-refractivity contribution in [3.05, 3.63) is 54.1 Å². The summed E-state index contributed by atoms with van der Waals surface area (Å²) < 4.78 is 10.4. The zero-order chi connectivity index (χ0) is 20.5.